The summed E-state index contributed by atoms with van der Waals surface area (Å²) in [5.74, 6) is 0. The SMILES string of the molecule is CC(C)N(CC#N)CC1CCCN1. The molecule has 13 heavy (non-hydrogen) atoms. The molecule has 0 spiro atoms. The molecule has 0 aliphatic carbocycles. The Hall–Kier alpha value is -0.590. The molecule has 1 fully saturated rings. The third-order valence-electron chi connectivity index (χ3n) is 2.62. The zero-order chi connectivity index (χ0) is 9.68. The van der Waals surface area contributed by atoms with Crippen LogP contribution in [0.1, 0.15) is 26.7 Å². The van der Waals surface area contributed by atoms with Gasteiger partial charge >= 0.3 is 0 Å². The summed E-state index contributed by atoms with van der Waals surface area (Å²) in [6.07, 6.45) is 2.54. The van der Waals surface area contributed by atoms with E-state index in [2.05, 4.69) is 30.1 Å². The topological polar surface area (TPSA) is 39.1 Å². The lowest BCUT2D eigenvalue weighted by Crippen LogP contribution is -2.41. The first-order valence-electron chi connectivity index (χ1n) is 5.08. The van der Waals surface area contributed by atoms with E-state index in [9.17, 15) is 0 Å². The van der Waals surface area contributed by atoms with E-state index in [1.807, 2.05) is 0 Å². The van der Waals surface area contributed by atoms with Crippen molar-refractivity contribution in [3.63, 3.8) is 0 Å². The molecule has 1 aliphatic rings. The van der Waals surface area contributed by atoms with Crippen molar-refractivity contribution in [1.82, 2.24) is 10.2 Å². The second-order valence-corrected chi connectivity index (χ2v) is 3.97. The van der Waals surface area contributed by atoms with E-state index in [1.54, 1.807) is 0 Å². The van der Waals surface area contributed by atoms with Gasteiger partial charge < -0.3 is 5.32 Å². The van der Waals surface area contributed by atoms with Crippen LogP contribution in [0.25, 0.3) is 0 Å². The molecule has 74 valence electrons. The van der Waals surface area contributed by atoms with E-state index in [4.69, 9.17) is 5.26 Å². The third kappa shape index (κ3) is 3.33. The average Bonchev–Trinajstić information content (AvgIpc) is 2.56. The molecule has 1 atom stereocenters. The van der Waals surface area contributed by atoms with Gasteiger partial charge in [0.15, 0.2) is 0 Å². The van der Waals surface area contributed by atoms with Crippen LogP contribution in [0.15, 0.2) is 0 Å². The van der Waals surface area contributed by atoms with Crippen molar-refractivity contribution in [2.45, 2.75) is 38.8 Å². The second-order valence-electron chi connectivity index (χ2n) is 3.97. The van der Waals surface area contributed by atoms with E-state index in [0.29, 0.717) is 18.6 Å². The standard InChI is InChI=1S/C10H19N3/c1-9(2)13(7-5-11)8-10-4-3-6-12-10/h9-10,12H,3-4,6-8H2,1-2H3. The number of hydrogen-bond acceptors (Lipinski definition) is 3. The Kier molecular flexibility index (Phi) is 4.20. The number of nitrogens with one attached hydrogen (secondary N) is 1. The molecule has 1 saturated heterocycles. The molecular formula is C10H19N3. The molecule has 0 aromatic heterocycles. The highest BCUT2D eigenvalue weighted by atomic mass is 15.2. The van der Waals surface area contributed by atoms with Crippen LogP contribution < -0.4 is 5.32 Å². The maximum atomic E-state index is 8.65. The Morgan fingerprint density at radius 2 is 2.38 bits per heavy atom. The molecule has 0 radical (unpaired) electrons. The van der Waals surface area contributed by atoms with Crippen LogP contribution in [-0.4, -0.2) is 36.6 Å². The first-order valence-corrected chi connectivity index (χ1v) is 5.08. The van der Waals surface area contributed by atoms with Crippen LogP contribution >= 0.6 is 0 Å². The lowest BCUT2D eigenvalue weighted by Gasteiger charge is -2.26. The molecule has 1 aliphatic heterocycles. The lowest BCUT2D eigenvalue weighted by atomic mass is 10.2. The minimum absolute atomic E-state index is 0.474. The molecular weight excluding hydrogens is 162 g/mol. The Labute approximate surface area is 80.7 Å². The van der Waals surface area contributed by atoms with E-state index in [-0.39, 0.29) is 0 Å². The molecule has 1 rings (SSSR count). The minimum atomic E-state index is 0.474. The van der Waals surface area contributed by atoms with Crippen molar-refractivity contribution < 1.29 is 0 Å². The monoisotopic (exact) mass is 181 g/mol. The fraction of sp³-hybridized carbons (Fsp3) is 0.900. The summed E-state index contributed by atoms with van der Waals surface area (Å²) in [5.41, 5.74) is 0. The van der Waals surface area contributed by atoms with E-state index < -0.39 is 0 Å². The van der Waals surface area contributed by atoms with Gasteiger partial charge in [0.05, 0.1) is 12.6 Å². The Bertz CT molecular complexity index is 177. The summed E-state index contributed by atoms with van der Waals surface area (Å²) in [4.78, 5) is 2.23. The summed E-state index contributed by atoms with van der Waals surface area (Å²) in [6, 6.07) is 3.30. The Morgan fingerprint density at radius 3 is 2.85 bits per heavy atom. The minimum Gasteiger partial charge on any atom is -0.313 e. The molecule has 0 aromatic carbocycles. The predicted molar refractivity (Wildman–Crippen MR) is 53.3 cm³/mol. The van der Waals surface area contributed by atoms with E-state index >= 15 is 0 Å². The predicted octanol–water partition coefficient (Wildman–Crippen LogP) is 0.972. The average molecular weight is 181 g/mol. The van der Waals surface area contributed by atoms with Gasteiger partial charge in [-0.25, -0.2) is 0 Å². The maximum Gasteiger partial charge on any atom is 0.0868 e. The van der Waals surface area contributed by atoms with Crippen molar-refractivity contribution in [3.8, 4) is 6.07 Å². The Morgan fingerprint density at radius 1 is 1.62 bits per heavy atom. The van der Waals surface area contributed by atoms with Crippen molar-refractivity contribution in [3.05, 3.63) is 0 Å². The molecule has 1 unspecified atom stereocenters. The van der Waals surface area contributed by atoms with Gasteiger partial charge in [-0.2, -0.15) is 5.26 Å². The van der Waals surface area contributed by atoms with Gasteiger partial charge in [-0.15, -0.1) is 0 Å². The van der Waals surface area contributed by atoms with Gasteiger partial charge in [0.1, 0.15) is 0 Å². The number of nitrogens with zero attached hydrogens (tertiary/aromatic N) is 2. The van der Waals surface area contributed by atoms with E-state index in [1.165, 1.54) is 12.8 Å². The van der Waals surface area contributed by atoms with Crippen molar-refractivity contribution in [2.24, 2.45) is 0 Å². The number of nitriles is 1. The largest absolute Gasteiger partial charge is 0.313 e. The van der Waals surface area contributed by atoms with E-state index in [0.717, 1.165) is 13.1 Å². The molecule has 1 N–H and O–H groups in total. The molecule has 0 bridgehead atoms. The van der Waals surface area contributed by atoms with Crippen LogP contribution in [0.5, 0.6) is 0 Å². The van der Waals surface area contributed by atoms with Crippen LogP contribution in [0.2, 0.25) is 0 Å². The van der Waals surface area contributed by atoms with Crippen molar-refractivity contribution in [1.29, 1.82) is 5.26 Å². The zero-order valence-electron chi connectivity index (χ0n) is 8.58. The van der Waals surface area contributed by atoms with Gasteiger partial charge in [0.25, 0.3) is 0 Å². The fourth-order valence-electron chi connectivity index (χ4n) is 1.74. The normalized spacial score (nSPS) is 22.5. The molecule has 0 aromatic rings. The molecule has 0 saturated carbocycles. The molecule has 1 heterocycles. The van der Waals surface area contributed by atoms with Crippen molar-refractivity contribution >= 4 is 0 Å². The van der Waals surface area contributed by atoms with Crippen molar-refractivity contribution in [2.75, 3.05) is 19.6 Å². The summed E-state index contributed by atoms with van der Waals surface area (Å²) in [6.45, 7) is 7.00. The Balaban J connectivity index is 2.33. The van der Waals surface area contributed by atoms with Crippen LogP contribution in [-0.2, 0) is 0 Å². The van der Waals surface area contributed by atoms with Gasteiger partial charge in [-0.3, -0.25) is 4.90 Å². The van der Waals surface area contributed by atoms with Gasteiger partial charge in [0, 0.05) is 18.6 Å². The summed E-state index contributed by atoms with van der Waals surface area (Å²) in [5, 5.41) is 12.1. The highest BCUT2D eigenvalue weighted by molar-refractivity contribution is 4.84. The molecule has 3 nitrogen and oxygen atoms in total. The highest BCUT2D eigenvalue weighted by Gasteiger charge is 2.18. The van der Waals surface area contributed by atoms with Crippen LogP contribution in [0, 0.1) is 11.3 Å². The molecule has 3 heteroatoms. The van der Waals surface area contributed by atoms with Crippen LogP contribution in [0.4, 0.5) is 0 Å². The highest BCUT2D eigenvalue weighted by Crippen LogP contribution is 2.08. The zero-order valence-corrected chi connectivity index (χ0v) is 8.58. The lowest BCUT2D eigenvalue weighted by molar-refractivity contribution is 0.227. The summed E-state index contributed by atoms with van der Waals surface area (Å²) >= 11 is 0. The van der Waals surface area contributed by atoms with Gasteiger partial charge in [0.2, 0.25) is 0 Å². The first kappa shape index (κ1) is 10.5. The fourth-order valence-corrected chi connectivity index (χ4v) is 1.74. The van der Waals surface area contributed by atoms with Gasteiger partial charge in [-0.1, -0.05) is 0 Å². The number of hydrogen-bond donors (Lipinski definition) is 1. The van der Waals surface area contributed by atoms with Gasteiger partial charge in [-0.05, 0) is 33.2 Å². The smallest absolute Gasteiger partial charge is 0.0868 e. The first-order chi connectivity index (χ1) is 6.24. The second kappa shape index (κ2) is 5.21. The number of rotatable bonds is 4. The molecule has 0 amide bonds. The quantitative estimate of drug-likeness (QED) is 0.657. The third-order valence-corrected chi connectivity index (χ3v) is 2.62. The summed E-state index contributed by atoms with van der Waals surface area (Å²) in [7, 11) is 0. The van der Waals surface area contributed by atoms with Crippen LogP contribution in [0.3, 0.4) is 0 Å². The summed E-state index contributed by atoms with van der Waals surface area (Å²) < 4.78 is 0. The maximum absolute atomic E-state index is 8.65.